The van der Waals surface area contributed by atoms with Crippen LogP contribution in [0.15, 0.2) is 34.1 Å². The number of hydrogen-bond acceptors (Lipinski definition) is 8. The van der Waals surface area contributed by atoms with E-state index in [4.69, 9.17) is 4.74 Å². The van der Waals surface area contributed by atoms with Crippen LogP contribution in [0.5, 0.6) is 0 Å². The molecule has 2 aromatic heterocycles. The molecule has 0 radical (unpaired) electrons. The van der Waals surface area contributed by atoms with Gasteiger partial charge in [-0.1, -0.05) is 6.07 Å². The number of nitro benzene ring substituents is 1. The predicted octanol–water partition coefficient (Wildman–Crippen LogP) is -0.168. The second-order valence-electron chi connectivity index (χ2n) is 6.72. The minimum Gasteiger partial charge on any atom is -0.454 e. The first-order valence-corrected chi connectivity index (χ1v) is 8.91. The van der Waals surface area contributed by atoms with Crippen molar-refractivity contribution in [2.24, 2.45) is 14.1 Å². The molecule has 0 aliphatic rings. The number of imidazole rings is 1. The molecule has 0 bridgehead atoms. The summed E-state index contributed by atoms with van der Waals surface area (Å²) in [5.74, 6) is -1.51. The third kappa shape index (κ3) is 4.19. The van der Waals surface area contributed by atoms with E-state index in [1.165, 1.54) is 47.8 Å². The summed E-state index contributed by atoms with van der Waals surface area (Å²) < 4.78 is 8.20. The molecule has 0 fully saturated rings. The molecular weight excluding hydrogens is 412 g/mol. The van der Waals surface area contributed by atoms with Gasteiger partial charge in [-0.05, 0) is 13.0 Å². The highest BCUT2D eigenvalue weighted by atomic mass is 16.6. The number of benzene rings is 1. The number of esters is 1. The van der Waals surface area contributed by atoms with Gasteiger partial charge < -0.3 is 14.6 Å². The van der Waals surface area contributed by atoms with E-state index in [0.717, 1.165) is 4.57 Å². The molecule has 0 saturated carbocycles. The van der Waals surface area contributed by atoms with Gasteiger partial charge in [-0.15, -0.1) is 0 Å². The first-order valence-electron chi connectivity index (χ1n) is 8.91. The van der Waals surface area contributed by atoms with E-state index in [-0.39, 0.29) is 22.5 Å². The molecule has 0 saturated heterocycles. The second-order valence-corrected chi connectivity index (χ2v) is 6.72. The molecule has 0 aliphatic carbocycles. The summed E-state index contributed by atoms with van der Waals surface area (Å²) in [5.41, 5.74) is -0.565. The Labute approximate surface area is 173 Å². The zero-order valence-electron chi connectivity index (χ0n) is 16.8. The Morgan fingerprint density at radius 2 is 1.94 bits per heavy atom. The lowest BCUT2D eigenvalue weighted by molar-refractivity contribution is -0.385. The van der Waals surface area contributed by atoms with Crippen molar-refractivity contribution in [2.45, 2.75) is 13.5 Å². The number of nitrogens with one attached hydrogen (secondary N) is 1. The molecule has 2 heterocycles. The number of carbonyl (C=O) groups is 2. The molecular formula is C18H18N6O7. The first-order chi connectivity index (χ1) is 14.6. The quantitative estimate of drug-likeness (QED) is 0.320. The fourth-order valence-corrected chi connectivity index (χ4v) is 2.93. The third-order valence-corrected chi connectivity index (χ3v) is 4.57. The zero-order chi connectivity index (χ0) is 22.9. The van der Waals surface area contributed by atoms with E-state index in [1.807, 2.05) is 0 Å². The number of anilines is 1. The number of ether oxygens (including phenoxy) is 1. The van der Waals surface area contributed by atoms with E-state index in [1.54, 1.807) is 6.92 Å². The normalized spacial score (nSPS) is 10.8. The van der Waals surface area contributed by atoms with Gasteiger partial charge in [0.15, 0.2) is 17.8 Å². The highest BCUT2D eigenvalue weighted by Crippen LogP contribution is 2.22. The summed E-state index contributed by atoms with van der Waals surface area (Å²) in [6, 6.07) is 4.17. The van der Waals surface area contributed by atoms with Crippen LogP contribution in [0.25, 0.3) is 11.2 Å². The van der Waals surface area contributed by atoms with Crippen molar-refractivity contribution in [1.82, 2.24) is 18.7 Å². The third-order valence-electron chi connectivity index (χ3n) is 4.57. The van der Waals surface area contributed by atoms with Gasteiger partial charge in [-0.3, -0.25) is 33.6 Å². The maximum absolute atomic E-state index is 12.4. The molecule has 0 spiro atoms. The van der Waals surface area contributed by atoms with Crippen molar-refractivity contribution in [1.29, 1.82) is 0 Å². The van der Waals surface area contributed by atoms with Crippen molar-refractivity contribution >= 4 is 34.4 Å². The van der Waals surface area contributed by atoms with Crippen LogP contribution >= 0.6 is 0 Å². The van der Waals surface area contributed by atoms with Gasteiger partial charge in [-0.2, -0.15) is 0 Å². The van der Waals surface area contributed by atoms with Crippen LogP contribution in [0, 0.1) is 17.0 Å². The van der Waals surface area contributed by atoms with Crippen LogP contribution in [-0.4, -0.2) is 42.1 Å². The van der Waals surface area contributed by atoms with Gasteiger partial charge in [0, 0.05) is 31.4 Å². The summed E-state index contributed by atoms with van der Waals surface area (Å²) in [6.45, 7) is 0.521. The molecule has 13 heteroatoms. The lowest BCUT2D eigenvalue weighted by Crippen LogP contribution is -2.37. The number of fused-ring (bicyclic) bond motifs is 1. The average Bonchev–Trinajstić information content (AvgIpc) is 3.14. The van der Waals surface area contributed by atoms with E-state index in [9.17, 15) is 29.3 Å². The van der Waals surface area contributed by atoms with E-state index < -0.39 is 41.2 Å². The molecule has 13 nitrogen and oxygen atoms in total. The van der Waals surface area contributed by atoms with Gasteiger partial charge in [-0.25, -0.2) is 9.78 Å². The van der Waals surface area contributed by atoms with E-state index in [2.05, 4.69) is 10.3 Å². The minimum atomic E-state index is -0.819. The average molecular weight is 430 g/mol. The van der Waals surface area contributed by atoms with Crippen molar-refractivity contribution in [3.63, 3.8) is 0 Å². The van der Waals surface area contributed by atoms with Crippen molar-refractivity contribution < 1.29 is 19.2 Å². The van der Waals surface area contributed by atoms with Crippen molar-refractivity contribution in [3.8, 4) is 0 Å². The number of hydrogen-bond donors (Lipinski definition) is 1. The Morgan fingerprint density at radius 1 is 1.23 bits per heavy atom. The molecule has 3 rings (SSSR count). The number of aromatic nitrogens is 4. The Bertz CT molecular complexity index is 1330. The number of rotatable bonds is 6. The van der Waals surface area contributed by atoms with E-state index in [0.29, 0.717) is 5.56 Å². The fourth-order valence-electron chi connectivity index (χ4n) is 2.93. The predicted molar refractivity (Wildman–Crippen MR) is 108 cm³/mol. The number of nitrogens with zero attached hydrogens (tertiary/aromatic N) is 5. The molecule has 1 aromatic carbocycles. The molecule has 1 amide bonds. The van der Waals surface area contributed by atoms with Gasteiger partial charge >= 0.3 is 11.7 Å². The minimum absolute atomic E-state index is 0.0398. The fraction of sp³-hybridized carbons (Fsp3) is 0.278. The topological polar surface area (TPSA) is 160 Å². The molecule has 3 aromatic rings. The lowest BCUT2D eigenvalue weighted by atomic mass is 10.2. The molecule has 162 valence electrons. The van der Waals surface area contributed by atoms with Crippen LogP contribution in [0.4, 0.5) is 11.4 Å². The maximum atomic E-state index is 12.4. The second kappa shape index (κ2) is 8.22. The zero-order valence-corrected chi connectivity index (χ0v) is 16.8. The molecule has 1 N–H and O–H groups in total. The SMILES string of the molecule is Cc1ccc(NC(=O)COC(=O)Cn2cnc3c2c(=O)n(C)c(=O)n3C)cc1[N+](=O)[O-]. The Morgan fingerprint density at radius 3 is 2.61 bits per heavy atom. The maximum Gasteiger partial charge on any atom is 0.332 e. The lowest BCUT2D eigenvalue weighted by Gasteiger charge is -2.08. The molecule has 31 heavy (non-hydrogen) atoms. The van der Waals surface area contributed by atoms with Gasteiger partial charge in [0.2, 0.25) is 0 Å². The van der Waals surface area contributed by atoms with E-state index >= 15 is 0 Å². The van der Waals surface area contributed by atoms with Gasteiger partial charge in [0.1, 0.15) is 6.54 Å². The molecule has 0 atom stereocenters. The smallest absolute Gasteiger partial charge is 0.332 e. The highest BCUT2D eigenvalue weighted by Gasteiger charge is 2.17. The van der Waals surface area contributed by atoms with Crippen LogP contribution in [0.1, 0.15) is 5.56 Å². The monoisotopic (exact) mass is 430 g/mol. The van der Waals surface area contributed by atoms with Crippen LogP contribution in [0.2, 0.25) is 0 Å². The van der Waals surface area contributed by atoms with Crippen LogP contribution in [-0.2, 0) is 35.0 Å². The number of nitro groups is 1. The summed E-state index contributed by atoms with van der Waals surface area (Å²) in [5, 5.41) is 13.4. The summed E-state index contributed by atoms with van der Waals surface area (Å²) in [6.07, 6.45) is 1.22. The number of carbonyl (C=O) groups excluding carboxylic acids is 2. The van der Waals surface area contributed by atoms with Gasteiger partial charge in [0.25, 0.3) is 17.2 Å². The largest absolute Gasteiger partial charge is 0.454 e. The summed E-state index contributed by atoms with van der Waals surface area (Å²) in [4.78, 5) is 62.8. The number of aryl methyl sites for hydroxylation is 2. The van der Waals surface area contributed by atoms with Crippen LogP contribution in [0.3, 0.4) is 0 Å². The Balaban J connectivity index is 1.67. The first kappa shape index (κ1) is 21.4. The van der Waals surface area contributed by atoms with Crippen molar-refractivity contribution in [2.75, 3.05) is 11.9 Å². The molecule has 0 unspecified atom stereocenters. The van der Waals surface area contributed by atoms with Crippen LogP contribution < -0.4 is 16.6 Å². The summed E-state index contributed by atoms with van der Waals surface area (Å²) in [7, 11) is 2.75. The Hall–Kier alpha value is -4.29. The van der Waals surface area contributed by atoms with Gasteiger partial charge in [0.05, 0.1) is 11.3 Å². The highest BCUT2D eigenvalue weighted by molar-refractivity contribution is 5.93. The van der Waals surface area contributed by atoms with Crippen molar-refractivity contribution in [3.05, 3.63) is 61.0 Å². The number of amides is 1. The summed E-state index contributed by atoms with van der Waals surface area (Å²) >= 11 is 0. The molecule has 0 aliphatic heterocycles. The standard InChI is InChI=1S/C18H18N6O7/c1-10-4-5-11(6-12(10)24(29)30)20-13(25)8-31-14(26)7-23-9-19-16-15(23)17(27)22(3)18(28)21(16)2/h4-6,9H,7-8H2,1-3H3,(H,20,25). The Kier molecular flexibility index (Phi) is 5.68.